The number of aromatic nitrogens is 3. The number of nitrogens with zero attached hydrogens (tertiary/aromatic N) is 4. The topological polar surface area (TPSA) is 85.6 Å². The lowest BCUT2D eigenvalue weighted by Gasteiger charge is -2.22. The maximum atomic E-state index is 5.80. The van der Waals surface area contributed by atoms with Crippen molar-refractivity contribution >= 4 is 29.9 Å². The Kier molecular flexibility index (Phi) is 10.5. The highest BCUT2D eigenvalue weighted by atomic mass is 127. The van der Waals surface area contributed by atoms with Crippen LogP contribution in [0.5, 0.6) is 11.5 Å². The molecule has 1 unspecified atom stereocenters. The molecule has 1 saturated carbocycles. The molecule has 1 aromatic carbocycles. The predicted molar refractivity (Wildman–Crippen MR) is 138 cm³/mol. The van der Waals surface area contributed by atoms with E-state index in [1.165, 1.54) is 25.7 Å². The molecule has 3 rings (SSSR count). The molecule has 178 valence electrons. The van der Waals surface area contributed by atoms with Crippen LogP contribution >= 0.6 is 24.0 Å². The molecule has 1 heterocycles. The Labute approximate surface area is 208 Å². The van der Waals surface area contributed by atoms with Crippen LogP contribution in [0.2, 0.25) is 0 Å². The van der Waals surface area contributed by atoms with E-state index in [1.54, 1.807) is 0 Å². The molecular weight excluding hydrogens is 519 g/mol. The third-order valence-corrected chi connectivity index (χ3v) is 5.68. The molecule has 1 aliphatic carbocycles. The number of benzene rings is 1. The highest BCUT2D eigenvalue weighted by Crippen LogP contribution is 2.30. The van der Waals surface area contributed by atoms with Gasteiger partial charge in [0.15, 0.2) is 23.3 Å². The van der Waals surface area contributed by atoms with Crippen LogP contribution in [0.3, 0.4) is 0 Å². The molecule has 0 aliphatic heterocycles. The lowest BCUT2D eigenvalue weighted by atomic mass is 10.1. The first-order chi connectivity index (χ1) is 15.0. The third kappa shape index (κ3) is 6.98. The molecule has 2 N–H and O–H groups in total. The third-order valence-electron chi connectivity index (χ3n) is 5.68. The number of hydrogen-bond acceptors (Lipinski definition) is 5. The van der Waals surface area contributed by atoms with Crippen molar-refractivity contribution in [2.45, 2.75) is 72.0 Å². The van der Waals surface area contributed by atoms with Crippen LogP contribution < -0.4 is 20.1 Å². The zero-order chi connectivity index (χ0) is 22.2. The van der Waals surface area contributed by atoms with Gasteiger partial charge in [-0.2, -0.15) is 0 Å². The van der Waals surface area contributed by atoms with Crippen molar-refractivity contribution in [2.24, 2.45) is 12.0 Å². The van der Waals surface area contributed by atoms with E-state index in [0.717, 1.165) is 34.7 Å². The number of aryl methyl sites for hydroxylation is 1. The molecule has 0 saturated heterocycles. The largest absolute Gasteiger partial charge is 0.490 e. The second-order valence-corrected chi connectivity index (χ2v) is 7.95. The lowest BCUT2D eigenvalue weighted by Crippen LogP contribution is -2.43. The Morgan fingerprint density at radius 2 is 1.84 bits per heavy atom. The first-order valence-corrected chi connectivity index (χ1v) is 11.3. The van der Waals surface area contributed by atoms with Crippen molar-refractivity contribution in [3.63, 3.8) is 0 Å². The van der Waals surface area contributed by atoms with Crippen LogP contribution in [-0.4, -0.2) is 40.0 Å². The number of guanidine groups is 1. The summed E-state index contributed by atoms with van der Waals surface area (Å²) in [7, 11) is 1.97. The van der Waals surface area contributed by atoms with Gasteiger partial charge in [0.25, 0.3) is 0 Å². The second kappa shape index (κ2) is 12.9. The number of rotatable bonds is 9. The van der Waals surface area contributed by atoms with Crippen molar-refractivity contribution < 1.29 is 9.47 Å². The molecule has 0 amide bonds. The number of halogens is 1. The summed E-state index contributed by atoms with van der Waals surface area (Å²) in [5.74, 6) is 4.07. The first kappa shape index (κ1) is 26.2. The summed E-state index contributed by atoms with van der Waals surface area (Å²) in [6.07, 6.45) is 4.88. The maximum Gasteiger partial charge on any atom is 0.192 e. The Balaban J connectivity index is 0.00000363. The molecular formula is C23H37IN6O2. The molecule has 1 fully saturated rings. The Morgan fingerprint density at radius 3 is 2.47 bits per heavy atom. The smallest absolute Gasteiger partial charge is 0.192 e. The fraction of sp³-hybridized carbons (Fsp3) is 0.609. The monoisotopic (exact) mass is 556 g/mol. The van der Waals surface area contributed by atoms with E-state index in [2.05, 4.69) is 33.8 Å². The minimum atomic E-state index is 0. The van der Waals surface area contributed by atoms with Crippen molar-refractivity contribution in [3.05, 3.63) is 35.4 Å². The van der Waals surface area contributed by atoms with Crippen LogP contribution in [0.25, 0.3) is 0 Å². The molecule has 2 aromatic rings. The Morgan fingerprint density at radius 1 is 1.16 bits per heavy atom. The van der Waals surface area contributed by atoms with Crippen LogP contribution in [0.4, 0.5) is 0 Å². The predicted octanol–water partition coefficient (Wildman–Crippen LogP) is 4.28. The normalized spacial score (nSPS) is 15.2. The van der Waals surface area contributed by atoms with Gasteiger partial charge in [-0.05, 0) is 58.2 Å². The zero-order valence-corrected chi connectivity index (χ0v) is 22.2. The van der Waals surface area contributed by atoms with Gasteiger partial charge in [0, 0.05) is 13.1 Å². The number of ether oxygens (including phenoxy) is 2. The summed E-state index contributed by atoms with van der Waals surface area (Å²) >= 11 is 0. The van der Waals surface area contributed by atoms with E-state index in [9.17, 15) is 0 Å². The minimum Gasteiger partial charge on any atom is -0.490 e. The van der Waals surface area contributed by atoms with Crippen LogP contribution in [0.1, 0.15) is 69.7 Å². The fourth-order valence-corrected chi connectivity index (χ4v) is 3.76. The quantitative estimate of drug-likeness (QED) is 0.273. The highest BCUT2D eigenvalue weighted by molar-refractivity contribution is 14.0. The van der Waals surface area contributed by atoms with Crippen molar-refractivity contribution in [1.82, 2.24) is 25.4 Å². The van der Waals surface area contributed by atoms with Gasteiger partial charge in [0.05, 0.1) is 19.3 Å². The molecule has 0 bridgehead atoms. The van der Waals surface area contributed by atoms with Crippen LogP contribution in [0.15, 0.2) is 23.2 Å². The van der Waals surface area contributed by atoms with E-state index < -0.39 is 0 Å². The van der Waals surface area contributed by atoms with Crippen molar-refractivity contribution in [3.8, 4) is 11.5 Å². The van der Waals surface area contributed by atoms with Gasteiger partial charge in [-0.1, -0.05) is 18.9 Å². The molecule has 0 spiro atoms. The van der Waals surface area contributed by atoms with Crippen LogP contribution in [0, 0.1) is 6.92 Å². The zero-order valence-electron chi connectivity index (χ0n) is 19.9. The van der Waals surface area contributed by atoms with Gasteiger partial charge in [0.1, 0.15) is 12.4 Å². The van der Waals surface area contributed by atoms with E-state index in [1.807, 2.05) is 44.5 Å². The van der Waals surface area contributed by atoms with Gasteiger partial charge in [-0.3, -0.25) is 0 Å². The summed E-state index contributed by atoms with van der Waals surface area (Å²) in [5, 5.41) is 15.5. The van der Waals surface area contributed by atoms with Gasteiger partial charge in [0.2, 0.25) is 0 Å². The Bertz CT molecular complexity index is 879. The molecule has 9 heteroatoms. The molecule has 1 aliphatic rings. The van der Waals surface area contributed by atoms with Gasteiger partial charge in [-0.25, -0.2) is 4.99 Å². The number of aliphatic imine (C=N–C) groups is 1. The summed E-state index contributed by atoms with van der Waals surface area (Å²) < 4.78 is 13.5. The molecule has 1 aromatic heterocycles. The first-order valence-electron chi connectivity index (χ1n) is 11.3. The minimum absolute atomic E-state index is 0. The van der Waals surface area contributed by atoms with Gasteiger partial charge < -0.3 is 24.7 Å². The Hall–Kier alpha value is -2.04. The van der Waals surface area contributed by atoms with Crippen molar-refractivity contribution in [1.29, 1.82) is 0 Å². The summed E-state index contributed by atoms with van der Waals surface area (Å²) in [6, 6.07) is 6.60. The SMILES string of the molecule is CCOc1ccc(C(C)NC(=NCc2nnc(C)n2C)NC2CCCC2)cc1OCC.I. The molecule has 0 radical (unpaired) electrons. The van der Waals surface area contributed by atoms with Gasteiger partial charge >= 0.3 is 0 Å². The average Bonchev–Trinajstić information content (AvgIpc) is 3.38. The highest BCUT2D eigenvalue weighted by Gasteiger charge is 2.18. The standard InChI is InChI=1S/C23H36N6O2.HI/c1-6-30-20-13-12-18(14-21(20)31-7-2)16(3)25-23(26-19-10-8-9-11-19)24-15-22-28-27-17(4)29(22)5;/h12-14,16,19H,6-11,15H2,1-5H3,(H2,24,25,26);1H. The van der Waals surface area contributed by atoms with E-state index in [0.29, 0.717) is 25.8 Å². The summed E-state index contributed by atoms with van der Waals surface area (Å²) in [6.45, 7) is 9.71. The van der Waals surface area contributed by atoms with Crippen LogP contribution in [-0.2, 0) is 13.6 Å². The molecule has 1 atom stereocenters. The maximum absolute atomic E-state index is 5.80. The number of hydrogen-bond donors (Lipinski definition) is 2. The summed E-state index contributed by atoms with van der Waals surface area (Å²) in [5.41, 5.74) is 1.11. The fourth-order valence-electron chi connectivity index (χ4n) is 3.76. The summed E-state index contributed by atoms with van der Waals surface area (Å²) in [4.78, 5) is 4.82. The van der Waals surface area contributed by atoms with Crippen molar-refractivity contribution in [2.75, 3.05) is 13.2 Å². The van der Waals surface area contributed by atoms with E-state index >= 15 is 0 Å². The molecule has 8 nitrogen and oxygen atoms in total. The lowest BCUT2D eigenvalue weighted by molar-refractivity contribution is 0.287. The van der Waals surface area contributed by atoms with E-state index in [4.69, 9.17) is 14.5 Å². The average molecular weight is 556 g/mol. The van der Waals surface area contributed by atoms with Gasteiger partial charge in [-0.15, -0.1) is 34.2 Å². The second-order valence-electron chi connectivity index (χ2n) is 7.95. The molecule has 32 heavy (non-hydrogen) atoms. The number of nitrogens with one attached hydrogen (secondary N) is 2. The van der Waals surface area contributed by atoms with E-state index in [-0.39, 0.29) is 30.0 Å².